The Labute approximate surface area is 168 Å². The summed E-state index contributed by atoms with van der Waals surface area (Å²) in [5.74, 6) is 0.0361. The fraction of sp³-hybridized carbons (Fsp3) is 0.273. The van der Waals surface area contributed by atoms with E-state index in [1.807, 2.05) is 12.1 Å². The SMILES string of the molecule is CCc1ccccc1N1CSC2=C(C#N)[C@H](c3ccc(F)cc3)CC(=O)N2C1. The molecule has 0 spiro atoms. The Balaban J connectivity index is 1.67. The van der Waals surface area contributed by atoms with Gasteiger partial charge in [0.15, 0.2) is 0 Å². The summed E-state index contributed by atoms with van der Waals surface area (Å²) in [4.78, 5) is 16.8. The molecule has 6 heteroatoms. The molecule has 0 bridgehead atoms. The van der Waals surface area contributed by atoms with Gasteiger partial charge in [-0.05, 0) is 35.7 Å². The van der Waals surface area contributed by atoms with Gasteiger partial charge < -0.3 is 4.90 Å². The van der Waals surface area contributed by atoms with Gasteiger partial charge in [0.2, 0.25) is 5.91 Å². The summed E-state index contributed by atoms with van der Waals surface area (Å²) in [7, 11) is 0. The molecule has 2 aliphatic rings. The topological polar surface area (TPSA) is 47.3 Å². The number of fused-ring (bicyclic) bond motifs is 1. The minimum absolute atomic E-state index is 0.00509. The number of anilines is 1. The van der Waals surface area contributed by atoms with Crippen LogP contribution in [0.25, 0.3) is 0 Å². The monoisotopic (exact) mass is 393 g/mol. The first-order chi connectivity index (χ1) is 13.6. The van der Waals surface area contributed by atoms with Crippen molar-refractivity contribution in [2.45, 2.75) is 25.7 Å². The lowest BCUT2D eigenvalue weighted by Crippen LogP contribution is -2.47. The number of rotatable bonds is 3. The van der Waals surface area contributed by atoms with Crippen LogP contribution in [0.2, 0.25) is 0 Å². The number of para-hydroxylation sites is 1. The quantitative estimate of drug-likeness (QED) is 0.764. The van der Waals surface area contributed by atoms with Gasteiger partial charge in [0.1, 0.15) is 5.82 Å². The van der Waals surface area contributed by atoms with E-state index in [-0.39, 0.29) is 24.1 Å². The number of halogens is 1. The first-order valence-corrected chi connectivity index (χ1v) is 10.3. The van der Waals surface area contributed by atoms with Crippen LogP contribution >= 0.6 is 11.8 Å². The third kappa shape index (κ3) is 3.27. The molecule has 1 atom stereocenters. The number of carbonyl (C=O) groups is 1. The molecule has 1 amide bonds. The number of amides is 1. The van der Waals surface area contributed by atoms with Gasteiger partial charge in [0, 0.05) is 18.0 Å². The fourth-order valence-electron chi connectivity index (χ4n) is 3.81. The molecule has 4 nitrogen and oxygen atoms in total. The van der Waals surface area contributed by atoms with E-state index in [4.69, 9.17) is 0 Å². The maximum Gasteiger partial charge on any atom is 0.229 e. The van der Waals surface area contributed by atoms with Crippen LogP contribution in [0.15, 0.2) is 59.1 Å². The predicted molar refractivity (Wildman–Crippen MR) is 109 cm³/mol. The molecule has 1 saturated heterocycles. The zero-order chi connectivity index (χ0) is 19.7. The van der Waals surface area contributed by atoms with Gasteiger partial charge in [-0.15, -0.1) is 0 Å². The maximum absolute atomic E-state index is 13.3. The number of hydrogen-bond acceptors (Lipinski definition) is 4. The van der Waals surface area contributed by atoms with E-state index in [1.54, 1.807) is 17.0 Å². The van der Waals surface area contributed by atoms with Crippen molar-refractivity contribution in [1.29, 1.82) is 5.26 Å². The highest BCUT2D eigenvalue weighted by molar-refractivity contribution is 8.03. The Morgan fingerprint density at radius 2 is 1.96 bits per heavy atom. The van der Waals surface area contributed by atoms with E-state index >= 15 is 0 Å². The molecular weight excluding hydrogens is 373 g/mol. The van der Waals surface area contributed by atoms with E-state index in [0.29, 0.717) is 18.1 Å². The molecule has 0 saturated carbocycles. The molecule has 0 aliphatic carbocycles. The van der Waals surface area contributed by atoms with E-state index in [0.717, 1.165) is 22.7 Å². The number of thioether (sulfide) groups is 1. The normalized spacial score (nSPS) is 19.5. The van der Waals surface area contributed by atoms with Crippen LogP contribution in [0, 0.1) is 17.1 Å². The second kappa shape index (κ2) is 7.69. The zero-order valence-corrected chi connectivity index (χ0v) is 16.4. The number of carbonyl (C=O) groups excluding carboxylic acids is 1. The molecule has 4 rings (SSSR count). The van der Waals surface area contributed by atoms with E-state index < -0.39 is 0 Å². The van der Waals surface area contributed by atoms with Gasteiger partial charge in [0.25, 0.3) is 0 Å². The number of allylic oxidation sites excluding steroid dienone is 1. The zero-order valence-electron chi connectivity index (χ0n) is 15.6. The van der Waals surface area contributed by atoms with Crippen molar-refractivity contribution in [3.05, 3.63) is 76.1 Å². The molecule has 2 aromatic carbocycles. The van der Waals surface area contributed by atoms with Crippen molar-refractivity contribution in [3.63, 3.8) is 0 Å². The first kappa shape index (κ1) is 18.6. The third-order valence-corrected chi connectivity index (χ3v) is 6.43. The van der Waals surface area contributed by atoms with Gasteiger partial charge in [-0.3, -0.25) is 9.69 Å². The Morgan fingerprint density at radius 1 is 1.21 bits per heavy atom. The molecule has 28 heavy (non-hydrogen) atoms. The van der Waals surface area contributed by atoms with Crippen LogP contribution in [0.3, 0.4) is 0 Å². The molecule has 2 aliphatic heterocycles. The van der Waals surface area contributed by atoms with Crippen molar-refractivity contribution in [2.24, 2.45) is 0 Å². The summed E-state index contributed by atoms with van der Waals surface area (Å²) in [6.07, 6.45) is 1.14. The van der Waals surface area contributed by atoms with Gasteiger partial charge >= 0.3 is 0 Å². The molecule has 0 radical (unpaired) electrons. The molecule has 142 valence electrons. The molecule has 2 aromatic rings. The molecule has 0 aromatic heterocycles. The fourth-order valence-corrected chi connectivity index (χ4v) is 4.97. The van der Waals surface area contributed by atoms with Crippen molar-refractivity contribution in [1.82, 2.24) is 4.90 Å². The summed E-state index contributed by atoms with van der Waals surface area (Å²) in [5, 5.41) is 10.6. The molecule has 0 unspecified atom stereocenters. The molecule has 0 N–H and O–H groups in total. The average molecular weight is 393 g/mol. The number of aryl methyl sites for hydroxylation is 1. The maximum atomic E-state index is 13.3. The van der Waals surface area contributed by atoms with Crippen LogP contribution in [0.5, 0.6) is 0 Å². The Kier molecular flexibility index (Phi) is 5.10. The smallest absolute Gasteiger partial charge is 0.229 e. The highest BCUT2D eigenvalue weighted by Crippen LogP contribution is 2.43. The van der Waals surface area contributed by atoms with Gasteiger partial charge in [-0.25, -0.2) is 4.39 Å². The van der Waals surface area contributed by atoms with Crippen molar-refractivity contribution < 1.29 is 9.18 Å². The predicted octanol–water partition coefficient (Wildman–Crippen LogP) is 4.61. The van der Waals surface area contributed by atoms with Crippen molar-refractivity contribution >= 4 is 23.4 Å². The lowest BCUT2D eigenvalue weighted by atomic mass is 9.86. The van der Waals surface area contributed by atoms with Crippen LogP contribution in [-0.2, 0) is 11.2 Å². The summed E-state index contributed by atoms with van der Waals surface area (Å²) < 4.78 is 13.3. The number of nitrogens with zero attached hydrogens (tertiary/aromatic N) is 3. The minimum Gasteiger partial charge on any atom is -0.343 e. The van der Waals surface area contributed by atoms with Crippen molar-refractivity contribution in [3.8, 4) is 6.07 Å². The van der Waals surface area contributed by atoms with Gasteiger partial charge in [0.05, 0.1) is 29.2 Å². The van der Waals surface area contributed by atoms with Crippen molar-refractivity contribution in [2.75, 3.05) is 17.4 Å². The summed E-state index contributed by atoms with van der Waals surface area (Å²) in [6, 6.07) is 16.6. The lowest BCUT2D eigenvalue weighted by Gasteiger charge is -2.42. The van der Waals surface area contributed by atoms with Crippen LogP contribution in [-0.4, -0.2) is 23.4 Å². The second-order valence-electron chi connectivity index (χ2n) is 6.90. The van der Waals surface area contributed by atoms with E-state index in [9.17, 15) is 14.4 Å². The summed E-state index contributed by atoms with van der Waals surface area (Å²) in [5.41, 5.74) is 3.77. The number of hydrogen-bond donors (Lipinski definition) is 0. The first-order valence-electron chi connectivity index (χ1n) is 9.28. The molecule has 1 fully saturated rings. The Morgan fingerprint density at radius 3 is 2.68 bits per heavy atom. The summed E-state index contributed by atoms with van der Waals surface area (Å²) in [6.45, 7) is 2.56. The average Bonchev–Trinajstić information content (AvgIpc) is 2.74. The summed E-state index contributed by atoms with van der Waals surface area (Å²) >= 11 is 1.52. The molecular formula is C22H20FN3OS. The van der Waals surface area contributed by atoms with E-state index in [1.165, 1.54) is 29.5 Å². The van der Waals surface area contributed by atoms with Gasteiger partial charge in [-0.2, -0.15) is 5.26 Å². The number of nitriles is 1. The third-order valence-electron chi connectivity index (χ3n) is 5.28. The minimum atomic E-state index is -0.323. The second-order valence-corrected chi connectivity index (χ2v) is 7.83. The highest BCUT2D eigenvalue weighted by atomic mass is 32.2. The Bertz CT molecular complexity index is 980. The molecule has 2 heterocycles. The number of benzene rings is 2. The standard InChI is InChI=1S/C22H20FN3OS/c1-2-15-5-3-4-6-20(15)25-13-26-21(27)11-18(16-7-9-17(23)10-8-16)19(12-24)22(26)28-14-25/h3-10,18H,2,11,13-14H2,1H3/t18-/m0/s1. The largest absolute Gasteiger partial charge is 0.343 e. The Hall–Kier alpha value is -2.78. The lowest BCUT2D eigenvalue weighted by molar-refractivity contribution is -0.129. The van der Waals surface area contributed by atoms with Crippen LogP contribution in [0.1, 0.15) is 30.4 Å². The van der Waals surface area contributed by atoms with E-state index in [2.05, 4.69) is 30.0 Å². The van der Waals surface area contributed by atoms with Crippen LogP contribution < -0.4 is 4.90 Å². The van der Waals surface area contributed by atoms with Crippen LogP contribution in [0.4, 0.5) is 10.1 Å². The highest BCUT2D eigenvalue weighted by Gasteiger charge is 2.38. The van der Waals surface area contributed by atoms with Gasteiger partial charge in [-0.1, -0.05) is 49.0 Å².